The SMILES string of the molecule is COc1cc2c(cc1OC)C(Cc1ccc(F)cc1)N(CCC(=O)OC(C)(C)C)CC2. The van der Waals surface area contributed by atoms with Crippen LogP contribution in [0.2, 0.25) is 0 Å². The minimum Gasteiger partial charge on any atom is -0.493 e. The van der Waals surface area contributed by atoms with E-state index in [1.54, 1.807) is 14.2 Å². The molecule has 0 amide bonds. The van der Waals surface area contributed by atoms with Gasteiger partial charge in [0, 0.05) is 19.1 Å². The van der Waals surface area contributed by atoms with Crippen LogP contribution >= 0.6 is 0 Å². The van der Waals surface area contributed by atoms with Crippen molar-refractivity contribution in [2.75, 3.05) is 27.3 Å². The second-order valence-electron chi connectivity index (χ2n) is 8.87. The highest BCUT2D eigenvalue weighted by molar-refractivity contribution is 5.70. The van der Waals surface area contributed by atoms with Gasteiger partial charge in [-0.2, -0.15) is 0 Å². The molecule has 3 rings (SSSR count). The summed E-state index contributed by atoms with van der Waals surface area (Å²) in [5.41, 5.74) is 2.90. The summed E-state index contributed by atoms with van der Waals surface area (Å²) in [7, 11) is 3.26. The number of hydrogen-bond donors (Lipinski definition) is 0. The summed E-state index contributed by atoms with van der Waals surface area (Å²) in [4.78, 5) is 14.6. The van der Waals surface area contributed by atoms with Gasteiger partial charge in [0.05, 0.1) is 20.6 Å². The predicted octanol–water partition coefficient (Wildman–Crippen LogP) is 4.72. The Morgan fingerprint density at radius 2 is 1.74 bits per heavy atom. The maximum absolute atomic E-state index is 13.4. The molecule has 1 heterocycles. The molecule has 31 heavy (non-hydrogen) atoms. The minimum atomic E-state index is -0.497. The molecule has 5 nitrogen and oxygen atoms in total. The number of hydrogen-bond acceptors (Lipinski definition) is 5. The van der Waals surface area contributed by atoms with Gasteiger partial charge in [0.1, 0.15) is 11.4 Å². The number of carbonyl (C=O) groups excluding carboxylic acids is 1. The molecule has 1 aliphatic heterocycles. The lowest BCUT2D eigenvalue weighted by Gasteiger charge is -2.38. The highest BCUT2D eigenvalue weighted by Gasteiger charge is 2.30. The van der Waals surface area contributed by atoms with Crippen molar-refractivity contribution in [2.24, 2.45) is 0 Å². The molecule has 0 fully saturated rings. The molecule has 6 heteroatoms. The first kappa shape index (κ1) is 23.1. The van der Waals surface area contributed by atoms with Crippen LogP contribution in [0, 0.1) is 5.82 Å². The normalized spacial score (nSPS) is 16.5. The van der Waals surface area contributed by atoms with Gasteiger partial charge in [-0.25, -0.2) is 4.39 Å². The van der Waals surface area contributed by atoms with Crippen molar-refractivity contribution >= 4 is 5.97 Å². The molecule has 0 saturated carbocycles. The number of benzene rings is 2. The summed E-state index contributed by atoms with van der Waals surface area (Å²) in [5.74, 6) is 0.940. The monoisotopic (exact) mass is 429 g/mol. The molecule has 168 valence electrons. The first-order chi connectivity index (χ1) is 14.7. The molecule has 1 atom stereocenters. The van der Waals surface area contributed by atoms with Crippen molar-refractivity contribution in [1.82, 2.24) is 4.90 Å². The molecule has 0 saturated heterocycles. The Labute approximate surface area is 184 Å². The number of rotatable bonds is 7. The van der Waals surface area contributed by atoms with Crippen LogP contribution in [-0.2, 0) is 22.4 Å². The third-order valence-corrected chi connectivity index (χ3v) is 5.48. The van der Waals surface area contributed by atoms with Gasteiger partial charge in [0.2, 0.25) is 0 Å². The lowest BCUT2D eigenvalue weighted by atomic mass is 9.88. The van der Waals surface area contributed by atoms with Gasteiger partial charge in [0.15, 0.2) is 11.5 Å². The van der Waals surface area contributed by atoms with Crippen LogP contribution in [0.5, 0.6) is 11.5 Å². The van der Waals surface area contributed by atoms with E-state index >= 15 is 0 Å². The van der Waals surface area contributed by atoms with Crippen molar-refractivity contribution < 1.29 is 23.4 Å². The maximum atomic E-state index is 13.4. The van der Waals surface area contributed by atoms with Crippen LogP contribution in [0.25, 0.3) is 0 Å². The average molecular weight is 430 g/mol. The van der Waals surface area contributed by atoms with E-state index in [4.69, 9.17) is 14.2 Å². The van der Waals surface area contributed by atoms with Gasteiger partial charge in [-0.3, -0.25) is 9.69 Å². The zero-order chi connectivity index (χ0) is 22.6. The Kier molecular flexibility index (Phi) is 7.21. The number of carbonyl (C=O) groups is 1. The number of methoxy groups -OCH3 is 2. The molecular weight excluding hydrogens is 397 g/mol. The summed E-state index contributed by atoms with van der Waals surface area (Å²) in [6, 6.07) is 10.7. The Morgan fingerprint density at radius 1 is 1.10 bits per heavy atom. The molecule has 0 N–H and O–H groups in total. The Morgan fingerprint density at radius 3 is 2.35 bits per heavy atom. The van der Waals surface area contributed by atoms with Gasteiger partial charge in [-0.05, 0) is 74.6 Å². The summed E-state index contributed by atoms with van der Waals surface area (Å²) in [5, 5.41) is 0. The molecule has 2 aromatic carbocycles. The van der Waals surface area contributed by atoms with E-state index in [1.807, 2.05) is 45.0 Å². The van der Waals surface area contributed by atoms with Gasteiger partial charge < -0.3 is 14.2 Å². The number of esters is 1. The van der Waals surface area contributed by atoms with Crippen LogP contribution in [0.15, 0.2) is 36.4 Å². The van der Waals surface area contributed by atoms with E-state index < -0.39 is 5.60 Å². The maximum Gasteiger partial charge on any atom is 0.307 e. The molecule has 0 aromatic heterocycles. The molecule has 1 unspecified atom stereocenters. The van der Waals surface area contributed by atoms with Crippen LogP contribution in [-0.4, -0.2) is 43.8 Å². The van der Waals surface area contributed by atoms with Crippen molar-refractivity contribution in [1.29, 1.82) is 0 Å². The third kappa shape index (κ3) is 5.97. The van der Waals surface area contributed by atoms with Crippen LogP contribution in [0.3, 0.4) is 0 Å². The second kappa shape index (κ2) is 9.69. The van der Waals surface area contributed by atoms with Gasteiger partial charge >= 0.3 is 5.97 Å². The standard InChI is InChI=1S/C25H32FNO4/c1-25(2,3)31-24(28)11-13-27-12-10-18-15-22(29-4)23(30-5)16-20(18)21(27)14-17-6-8-19(26)9-7-17/h6-9,15-16,21H,10-14H2,1-5H3. The second-order valence-corrected chi connectivity index (χ2v) is 8.87. The topological polar surface area (TPSA) is 48.0 Å². The number of ether oxygens (including phenoxy) is 3. The van der Waals surface area contributed by atoms with Crippen LogP contribution in [0.4, 0.5) is 4.39 Å². The molecule has 2 aromatic rings. The summed E-state index contributed by atoms with van der Waals surface area (Å²) < 4.78 is 29.9. The van der Waals surface area contributed by atoms with E-state index in [0.29, 0.717) is 30.9 Å². The third-order valence-electron chi connectivity index (χ3n) is 5.48. The summed E-state index contributed by atoms with van der Waals surface area (Å²) in [6.45, 7) is 7.03. The smallest absolute Gasteiger partial charge is 0.307 e. The van der Waals surface area contributed by atoms with E-state index in [0.717, 1.165) is 24.1 Å². The lowest BCUT2D eigenvalue weighted by molar-refractivity contribution is -0.155. The minimum absolute atomic E-state index is 0.0384. The number of halogens is 1. The Bertz CT molecular complexity index is 905. The van der Waals surface area contributed by atoms with E-state index in [9.17, 15) is 9.18 Å². The van der Waals surface area contributed by atoms with Crippen molar-refractivity contribution in [3.63, 3.8) is 0 Å². The number of fused-ring (bicyclic) bond motifs is 1. The van der Waals surface area contributed by atoms with Crippen molar-refractivity contribution in [3.05, 3.63) is 58.9 Å². The molecule has 0 radical (unpaired) electrons. The Hall–Kier alpha value is -2.60. The predicted molar refractivity (Wildman–Crippen MR) is 118 cm³/mol. The highest BCUT2D eigenvalue weighted by Crippen LogP contribution is 2.39. The Balaban J connectivity index is 1.88. The van der Waals surface area contributed by atoms with Gasteiger partial charge in [0.25, 0.3) is 0 Å². The average Bonchev–Trinajstić information content (AvgIpc) is 2.72. The molecule has 0 aliphatic carbocycles. The first-order valence-electron chi connectivity index (χ1n) is 10.7. The van der Waals surface area contributed by atoms with Crippen LogP contribution in [0.1, 0.15) is 49.9 Å². The zero-order valence-corrected chi connectivity index (χ0v) is 19.0. The molecular formula is C25H32FNO4. The van der Waals surface area contributed by atoms with E-state index in [-0.39, 0.29) is 17.8 Å². The summed E-state index contributed by atoms with van der Waals surface area (Å²) >= 11 is 0. The first-order valence-corrected chi connectivity index (χ1v) is 10.7. The van der Waals surface area contributed by atoms with Crippen molar-refractivity contribution in [2.45, 2.75) is 51.7 Å². The molecule has 0 spiro atoms. The lowest BCUT2D eigenvalue weighted by Crippen LogP contribution is -2.38. The largest absolute Gasteiger partial charge is 0.493 e. The van der Waals surface area contributed by atoms with E-state index in [1.165, 1.54) is 17.7 Å². The van der Waals surface area contributed by atoms with Gasteiger partial charge in [-0.1, -0.05) is 12.1 Å². The highest BCUT2D eigenvalue weighted by atomic mass is 19.1. The summed E-state index contributed by atoms with van der Waals surface area (Å²) in [6.07, 6.45) is 1.88. The van der Waals surface area contributed by atoms with E-state index in [2.05, 4.69) is 4.90 Å². The quantitative estimate of drug-likeness (QED) is 0.596. The fourth-order valence-electron chi connectivity index (χ4n) is 4.06. The van der Waals surface area contributed by atoms with Crippen molar-refractivity contribution in [3.8, 4) is 11.5 Å². The zero-order valence-electron chi connectivity index (χ0n) is 19.0. The van der Waals surface area contributed by atoms with Gasteiger partial charge in [-0.15, -0.1) is 0 Å². The molecule has 1 aliphatic rings. The fraction of sp³-hybridized carbons (Fsp3) is 0.480. The fourth-order valence-corrected chi connectivity index (χ4v) is 4.06. The molecule has 0 bridgehead atoms. The van der Waals surface area contributed by atoms with Crippen LogP contribution < -0.4 is 9.47 Å². The number of nitrogens with zero attached hydrogens (tertiary/aromatic N) is 1.